The summed E-state index contributed by atoms with van der Waals surface area (Å²) < 4.78 is 0. The van der Waals surface area contributed by atoms with Gasteiger partial charge in [-0.15, -0.1) is 22.7 Å². The van der Waals surface area contributed by atoms with Crippen molar-refractivity contribution in [1.82, 2.24) is 20.9 Å². The molecular formula is C21H30N4O2S2. The zero-order valence-corrected chi connectivity index (χ0v) is 18.6. The van der Waals surface area contributed by atoms with Crippen LogP contribution in [0.1, 0.15) is 54.8 Å². The Bertz CT molecular complexity index is 796. The molecule has 0 spiro atoms. The summed E-state index contributed by atoms with van der Waals surface area (Å²) >= 11 is 3.39. The summed E-state index contributed by atoms with van der Waals surface area (Å²) in [4.78, 5) is 30.8. The molecule has 0 saturated heterocycles. The number of nitrogens with zero attached hydrogens (tertiary/aromatic N) is 1. The topological polar surface area (TPSA) is 83.1 Å². The van der Waals surface area contributed by atoms with Crippen LogP contribution in [0.2, 0.25) is 0 Å². The van der Waals surface area contributed by atoms with E-state index in [2.05, 4.69) is 38.4 Å². The Hall–Kier alpha value is -1.93. The van der Waals surface area contributed by atoms with Crippen molar-refractivity contribution in [3.05, 3.63) is 27.4 Å². The second kappa shape index (κ2) is 11.3. The van der Waals surface area contributed by atoms with E-state index in [-0.39, 0.29) is 11.9 Å². The van der Waals surface area contributed by atoms with Crippen molar-refractivity contribution in [2.45, 2.75) is 64.3 Å². The number of thiophene rings is 1. The quantitative estimate of drug-likeness (QED) is 0.516. The third-order valence-electron chi connectivity index (χ3n) is 5.03. The van der Waals surface area contributed by atoms with Crippen molar-refractivity contribution in [2.24, 2.45) is 0 Å². The smallest absolute Gasteiger partial charge is 0.315 e. The number of rotatable bonds is 9. The van der Waals surface area contributed by atoms with Crippen molar-refractivity contribution in [3.8, 4) is 10.6 Å². The highest BCUT2D eigenvalue weighted by molar-refractivity contribution is 7.16. The van der Waals surface area contributed by atoms with Crippen LogP contribution in [0.4, 0.5) is 4.79 Å². The van der Waals surface area contributed by atoms with Crippen molar-refractivity contribution in [1.29, 1.82) is 0 Å². The molecule has 0 aromatic carbocycles. The summed E-state index contributed by atoms with van der Waals surface area (Å²) in [6, 6.07) is 4.40. The van der Waals surface area contributed by atoms with Crippen LogP contribution in [0, 0.1) is 6.92 Å². The molecule has 1 fully saturated rings. The average molecular weight is 435 g/mol. The summed E-state index contributed by atoms with van der Waals surface area (Å²) in [5, 5.41) is 12.0. The van der Waals surface area contributed by atoms with Crippen molar-refractivity contribution in [3.63, 3.8) is 0 Å². The first-order valence-corrected chi connectivity index (χ1v) is 12.1. The maximum absolute atomic E-state index is 12.0. The fourth-order valence-corrected chi connectivity index (χ4v) is 5.13. The van der Waals surface area contributed by atoms with E-state index in [1.165, 1.54) is 29.0 Å². The van der Waals surface area contributed by atoms with E-state index in [4.69, 9.17) is 0 Å². The van der Waals surface area contributed by atoms with Gasteiger partial charge in [0.05, 0.1) is 15.6 Å². The Balaban J connectivity index is 1.25. The number of carbonyl (C=O) groups is 2. The molecule has 1 aliphatic rings. The van der Waals surface area contributed by atoms with Crippen molar-refractivity contribution >= 4 is 34.6 Å². The highest BCUT2D eigenvalue weighted by Gasteiger charge is 2.15. The lowest BCUT2D eigenvalue weighted by atomic mass is 9.96. The average Bonchev–Trinajstić information content (AvgIpc) is 3.35. The van der Waals surface area contributed by atoms with Crippen molar-refractivity contribution < 1.29 is 9.59 Å². The molecule has 3 N–H and O–H groups in total. The molecule has 2 heterocycles. The van der Waals surface area contributed by atoms with Crippen LogP contribution in [-0.2, 0) is 11.2 Å². The Labute approximate surface area is 180 Å². The van der Waals surface area contributed by atoms with E-state index in [9.17, 15) is 9.59 Å². The van der Waals surface area contributed by atoms with Crippen LogP contribution in [-0.4, -0.2) is 36.1 Å². The van der Waals surface area contributed by atoms with Gasteiger partial charge in [-0.3, -0.25) is 4.79 Å². The number of nitrogens with one attached hydrogen (secondary N) is 3. The van der Waals surface area contributed by atoms with Gasteiger partial charge in [-0.25, -0.2) is 9.78 Å². The molecule has 3 rings (SSSR count). The molecule has 0 radical (unpaired) electrons. The molecule has 29 heavy (non-hydrogen) atoms. The summed E-state index contributed by atoms with van der Waals surface area (Å²) in [6.45, 7) is 3.16. The second-order valence-electron chi connectivity index (χ2n) is 7.46. The number of aromatic nitrogens is 1. The molecule has 6 nitrogen and oxygen atoms in total. The zero-order chi connectivity index (χ0) is 20.5. The zero-order valence-electron chi connectivity index (χ0n) is 17.0. The minimum absolute atomic E-state index is 0.0337. The molecule has 0 atom stereocenters. The molecule has 158 valence electrons. The van der Waals surface area contributed by atoms with Crippen LogP contribution in [0.25, 0.3) is 10.6 Å². The lowest BCUT2D eigenvalue weighted by Gasteiger charge is -2.22. The fraction of sp³-hybridized carbons (Fsp3) is 0.571. The maximum atomic E-state index is 12.0. The van der Waals surface area contributed by atoms with Gasteiger partial charge in [0.15, 0.2) is 0 Å². The standard InChI is InChI=1S/C21H30N4O2S2/c1-15-24-18(14-28-15)19-10-9-17(29-19)11-13-22-20(26)8-5-12-23-21(27)25-16-6-3-2-4-7-16/h9-10,14,16H,2-8,11-13H2,1H3,(H,22,26)(H2,23,25,27). The van der Waals surface area contributed by atoms with Gasteiger partial charge in [0.2, 0.25) is 5.91 Å². The monoisotopic (exact) mass is 434 g/mol. The van der Waals surface area contributed by atoms with E-state index in [0.29, 0.717) is 32.0 Å². The lowest BCUT2D eigenvalue weighted by Crippen LogP contribution is -2.43. The molecule has 1 saturated carbocycles. The van der Waals surface area contributed by atoms with Crippen LogP contribution in [0.5, 0.6) is 0 Å². The van der Waals surface area contributed by atoms with Gasteiger partial charge in [-0.05, 0) is 44.7 Å². The molecule has 2 aromatic rings. The summed E-state index contributed by atoms with van der Waals surface area (Å²) in [7, 11) is 0. The van der Waals surface area contributed by atoms with E-state index in [1.54, 1.807) is 22.7 Å². The highest BCUT2D eigenvalue weighted by Crippen LogP contribution is 2.29. The van der Waals surface area contributed by atoms with Gasteiger partial charge in [-0.2, -0.15) is 0 Å². The number of hydrogen-bond donors (Lipinski definition) is 3. The number of hydrogen-bond acceptors (Lipinski definition) is 5. The predicted octanol–water partition coefficient (Wildman–Crippen LogP) is 4.25. The van der Waals surface area contributed by atoms with E-state index in [0.717, 1.165) is 30.0 Å². The highest BCUT2D eigenvalue weighted by atomic mass is 32.1. The Morgan fingerprint density at radius 2 is 1.97 bits per heavy atom. The molecule has 0 unspecified atom stereocenters. The first-order valence-electron chi connectivity index (χ1n) is 10.4. The number of aryl methyl sites for hydroxylation is 1. The number of thiazole rings is 1. The normalized spacial score (nSPS) is 14.5. The van der Waals surface area contributed by atoms with Crippen molar-refractivity contribution in [2.75, 3.05) is 13.1 Å². The largest absolute Gasteiger partial charge is 0.356 e. The minimum atomic E-state index is -0.110. The van der Waals surface area contributed by atoms with Crippen LogP contribution < -0.4 is 16.0 Å². The van der Waals surface area contributed by atoms with E-state index in [1.807, 2.05) is 6.92 Å². The summed E-state index contributed by atoms with van der Waals surface area (Å²) in [6.07, 6.45) is 7.71. The molecule has 2 aromatic heterocycles. The van der Waals surface area contributed by atoms with Gasteiger partial charge >= 0.3 is 6.03 Å². The van der Waals surface area contributed by atoms with Gasteiger partial charge in [0.25, 0.3) is 0 Å². The predicted molar refractivity (Wildman–Crippen MR) is 120 cm³/mol. The molecule has 0 aliphatic heterocycles. The molecule has 8 heteroatoms. The Kier molecular flexibility index (Phi) is 8.49. The number of amides is 3. The third-order valence-corrected chi connectivity index (χ3v) is 6.97. The summed E-state index contributed by atoms with van der Waals surface area (Å²) in [5.74, 6) is 0.0337. The van der Waals surface area contributed by atoms with Crippen LogP contribution in [0.15, 0.2) is 17.5 Å². The molecule has 3 amide bonds. The molecular weight excluding hydrogens is 404 g/mol. The Morgan fingerprint density at radius 1 is 1.14 bits per heavy atom. The molecule has 1 aliphatic carbocycles. The second-order valence-corrected chi connectivity index (χ2v) is 9.69. The SMILES string of the molecule is Cc1nc(-c2ccc(CCNC(=O)CCCNC(=O)NC3CCCCC3)s2)cs1. The Morgan fingerprint density at radius 3 is 2.72 bits per heavy atom. The van der Waals surface area contributed by atoms with Crippen LogP contribution in [0.3, 0.4) is 0 Å². The maximum Gasteiger partial charge on any atom is 0.315 e. The van der Waals surface area contributed by atoms with Gasteiger partial charge in [0, 0.05) is 35.8 Å². The third kappa shape index (κ3) is 7.44. The first kappa shape index (κ1) is 21.8. The van der Waals surface area contributed by atoms with E-state index < -0.39 is 0 Å². The molecule has 0 bridgehead atoms. The van der Waals surface area contributed by atoms with Gasteiger partial charge in [0.1, 0.15) is 0 Å². The number of carbonyl (C=O) groups excluding carboxylic acids is 2. The lowest BCUT2D eigenvalue weighted by molar-refractivity contribution is -0.121. The van der Waals surface area contributed by atoms with E-state index >= 15 is 0 Å². The summed E-state index contributed by atoms with van der Waals surface area (Å²) in [5.41, 5.74) is 1.04. The van der Waals surface area contributed by atoms with Gasteiger partial charge in [-0.1, -0.05) is 19.3 Å². The minimum Gasteiger partial charge on any atom is -0.356 e. The van der Waals surface area contributed by atoms with Gasteiger partial charge < -0.3 is 16.0 Å². The first-order chi connectivity index (χ1) is 14.1. The van der Waals surface area contributed by atoms with Crippen LogP contribution >= 0.6 is 22.7 Å². The number of urea groups is 1. The fourth-order valence-electron chi connectivity index (χ4n) is 3.47.